The van der Waals surface area contributed by atoms with Crippen LogP contribution in [0, 0.1) is 0 Å². The third-order valence-corrected chi connectivity index (χ3v) is 6.32. The van der Waals surface area contributed by atoms with Gasteiger partial charge in [0.05, 0.1) is 0 Å². The maximum absolute atomic E-state index is 11.5. The Kier molecular flexibility index (Phi) is 10.9. The van der Waals surface area contributed by atoms with E-state index in [-0.39, 0.29) is 16.4 Å². The molecule has 6 heteroatoms. The van der Waals surface area contributed by atoms with E-state index in [1.165, 1.54) is 81.9 Å². The van der Waals surface area contributed by atoms with E-state index in [2.05, 4.69) is 6.92 Å². The quantitative estimate of drug-likeness (QED) is 0.221. The largest absolute Gasteiger partial charge is 0.508 e. The van der Waals surface area contributed by atoms with Crippen LogP contribution < -0.4 is 4.74 Å². The molecular formula is C25H36O5S. The van der Waals surface area contributed by atoms with Crippen molar-refractivity contribution in [2.75, 3.05) is 0 Å². The lowest BCUT2D eigenvalue weighted by atomic mass is 10.0. The Hall–Kier alpha value is -2.05. The number of aromatic hydroxyl groups is 1. The van der Waals surface area contributed by atoms with E-state index in [0.29, 0.717) is 5.75 Å². The molecule has 2 aromatic carbocycles. The summed E-state index contributed by atoms with van der Waals surface area (Å²) >= 11 is 0. The summed E-state index contributed by atoms with van der Waals surface area (Å²) < 4.78 is 37.9. The second-order valence-corrected chi connectivity index (χ2v) is 9.53. The molecule has 0 saturated heterocycles. The fraction of sp³-hybridized carbons (Fsp3) is 0.520. The van der Waals surface area contributed by atoms with Crippen LogP contribution in [0.5, 0.6) is 17.2 Å². The van der Waals surface area contributed by atoms with Crippen LogP contribution in [-0.2, 0) is 16.5 Å². The van der Waals surface area contributed by atoms with Gasteiger partial charge in [-0.25, -0.2) is 0 Å². The first-order chi connectivity index (χ1) is 14.9. The molecule has 0 bridgehead atoms. The minimum atomic E-state index is -4.44. The molecule has 2 N–H and O–H groups in total. The molecule has 0 aromatic heterocycles. The third kappa shape index (κ3) is 9.74. The summed E-state index contributed by atoms with van der Waals surface area (Å²) in [5.74, 6) is 0.189. The molecule has 0 saturated carbocycles. The van der Waals surface area contributed by atoms with Crippen molar-refractivity contribution in [3.63, 3.8) is 0 Å². The van der Waals surface area contributed by atoms with Gasteiger partial charge in [-0.3, -0.25) is 4.55 Å². The van der Waals surface area contributed by atoms with Gasteiger partial charge >= 0.3 is 0 Å². The Bertz CT molecular complexity index is 875. The van der Waals surface area contributed by atoms with Crippen LogP contribution >= 0.6 is 0 Å². The van der Waals surface area contributed by atoms with E-state index in [0.717, 1.165) is 18.9 Å². The minimum Gasteiger partial charge on any atom is -0.508 e. The smallest absolute Gasteiger partial charge is 0.298 e. The second-order valence-electron chi connectivity index (χ2n) is 8.14. The highest BCUT2D eigenvalue weighted by Gasteiger charge is 2.18. The molecule has 0 amide bonds. The molecule has 0 atom stereocenters. The number of benzene rings is 2. The summed E-state index contributed by atoms with van der Waals surface area (Å²) in [6.45, 7) is 2.25. The van der Waals surface area contributed by atoms with Gasteiger partial charge < -0.3 is 9.84 Å². The normalized spacial score (nSPS) is 11.5. The van der Waals surface area contributed by atoms with Crippen LogP contribution in [-0.4, -0.2) is 18.1 Å². The number of hydrogen-bond acceptors (Lipinski definition) is 4. The molecule has 172 valence electrons. The molecule has 0 aliphatic rings. The monoisotopic (exact) mass is 448 g/mol. The summed E-state index contributed by atoms with van der Waals surface area (Å²) in [4.78, 5) is -0.379. The van der Waals surface area contributed by atoms with Gasteiger partial charge in [-0.2, -0.15) is 8.42 Å². The maximum Gasteiger partial charge on any atom is 0.298 e. The van der Waals surface area contributed by atoms with Gasteiger partial charge in [-0.05, 0) is 42.7 Å². The van der Waals surface area contributed by atoms with Gasteiger partial charge in [0.1, 0.15) is 16.4 Å². The van der Waals surface area contributed by atoms with Crippen molar-refractivity contribution >= 4 is 10.1 Å². The van der Waals surface area contributed by atoms with Crippen molar-refractivity contribution in [1.82, 2.24) is 0 Å². The molecule has 0 aliphatic carbocycles. The maximum atomic E-state index is 11.5. The molecule has 0 unspecified atom stereocenters. The van der Waals surface area contributed by atoms with Crippen molar-refractivity contribution in [3.05, 3.63) is 48.0 Å². The lowest BCUT2D eigenvalue weighted by Gasteiger charge is -2.10. The molecule has 0 fully saturated rings. The first kappa shape index (κ1) is 25.2. The highest BCUT2D eigenvalue weighted by molar-refractivity contribution is 7.86. The molecule has 0 aliphatic heterocycles. The number of phenols is 1. The molecule has 0 radical (unpaired) electrons. The van der Waals surface area contributed by atoms with Gasteiger partial charge in [0.2, 0.25) is 0 Å². The van der Waals surface area contributed by atoms with E-state index in [1.54, 1.807) is 12.1 Å². The SMILES string of the molecule is CCCCCCCCCCCCCc1ccc(Oc2cc(O)ccc2S(=O)(=O)O)cc1. The number of hydrogen-bond donors (Lipinski definition) is 2. The minimum absolute atomic E-state index is 0.111. The number of ether oxygens (including phenoxy) is 1. The average Bonchev–Trinajstić information content (AvgIpc) is 2.72. The van der Waals surface area contributed by atoms with Crippen LogP contribution in [0.4, 0.5) is 0 Å². The highest BCUT2D eigenvalue weighted by Crippen LogP contribution is 2.32. The highest BCUT2D eigenvalue weighted by atomic mass is 32.2. The van der Waals surface area contributed by atoms with E-state index < -0.39 is 10.1 Å². The van der Waals surface area contributed by atoms with Crippen molar-refractivity contribution in [1.29, 1.82) is 0 Å². The van der Waals surface area contributed by atoms with E-state index in [1.807, 2.05) is 12.1 Å². The van der Waals surface area contributed by atoms with Crippen molar-refractivity contribution in [2.24, 2.45) is 0 Å². The molecule has 0 spiro atoms. The van der Waals surface area contributed by atoms with Gasteiger partial charge in [0, 0.05) is 6.07 Å². The van der Waals surface area contributed by atoms with Crippen LogP contribution in [0.15, 0.2) is 47.4 Å². The first-order valence-corrected chi connectivity index (χ1v) is 12.9. The summed E-state index contributed by atoms with van der Waals surface area (Å²) in [6.07, 6.45) is 15.5. The molecule has 2 aromatic rings. The lowest BCUT2D eigenvalue weighted by Crippen LogP contribution is -2.01. The predicted octanol–water partition coefficient (Wildman–Crippen LogP) is 7.28. The van der Waals surface area contributed by atoms with Gasteiger partial charge in [-0.15, -0.1) is 0 Å². The summed E-state index contributed by atoms with van der Waals surface area (Å²) in [7, 11) is -4.44. The zero-order valence-electron chi connectivity index (χ0n) is 18.6. The first-order valence-electron chi connectivity index (χ1n) is 11.5. The standard InChI is InChI=1S/C25H36O5S/c1-2-3-4-5-6-7-8-9-10-11-12-13-21-14-17-23(18-15-21)30-24-20-22(26)16-19-25(24)31(27,28)29/h14-20,26H,2-13H2,1H3,(H,27,28,29). The second kappa shape index (κ2) is 13.4. The molecule has 0 heterocycles. The summed E-state index contributed by atoms with van der Waals surface area (Å²) in [5, 5.41) is 9.60. The summed E-state index contributed by atoms with van der Waals surface area (Å²) in [6, 6.07) is 10.9. The van der Waals surface area contributed by atoms with Crippen LogP contribution in [0.1, 0.15) is 83.1 Å². The van der Waals surface area contributed by atoms with Crippen LogP contribution in [0.3, 0.4) is 0 Å². The molecular weight excluding hydrogens is 412 g/mol. The summed E-state index contributed by atoms with van der Waals surface area (Å²) in [5.41, 5.74) is 1.20. The van der Waals surface area contributed by atoms with E-state index in [4.69, 9.17) is 4.74 Å². The number of aryl methyl sites for hydroxylation is 1. The predicted molar refractivity (Wildman–Crippen MR) is 125 cm³/mol. The van der Waals surface area contributed by atoms with Gasteiger partial charge in [0.25, 0.3) is 10.1 Å². The van der Waals surface area contributed by atoms with Crippen LogP contribution in [0.2, 0.25) is 0 Å². The van der Waals surface area contributed by atoms with E-state index >= 15 is 0 Å². The van der Waals surface area contributed by atoms with Gasteiger partial charge in [-0.1, -0.05) is 83.3 Å². The fourth-order valence-corrected chi connectivity index (χ4v) is 4.23. The van der Waals surface area contributed by atoms with Crippen molar-refractivity contribution in [3.8, 4) is 17.2 Å². The Morgan fingerprint density at radius 3 is 1.87 bits per heavy atom. The topological polar surface area (TPSA) is 83.8 Å². The number of phenolic OH excluding ortho intramolecular Hbond substituents is 1. The lowest BCUT2D eigenvalue weighted by molar-refractivity contribution is 0.437. The molecule has 2 rings (SSSR count). The Morgan fingerprint density at radius 2 is 1.32 bits per heavy atom. The van der Waals surface area contributed by atoms with E-state index in [9.17, 15) is 18.1 Å². The van der Waals surface area contributed by atoms with Crippen molar-refractivity contribution < 1.29 is 22.8 Å². The van der Waals surface area contributed by atoms with Crippen LogP contribution in [0.25, 0.3) is 0 Å². The number of unbranched alkanes of at least 4 members (excludes halogenated alkanes) is 10. The molecule has 31 heavy (non-hydrogen) atoms. The molecule has 5 nitrogen and oxygen atoms in total. The fourth-order valence-electron chi connectivity index (χ4n) is 3.63. The van der Waals surface area contributed by atoms with Gasteiger partial charge in [0.15, 0.2) is 5.75 Å². The Balaban J connectivity index is 1.70. The van der Waals surface area contributed by atoms with Crippen molar-refractivity contribution in [2.45, 2.75) is 88.9 Å². The zero-order valence-corrected chi connectivity index (χ0v) is 19.4. The Morgan fingerprint density at radius 1 is 0.774 bits per heavy atom. The average molecular weight is 449 g/mol. The Labute approximate surface area is 187 Å². The number of rotatable bonds is 15. The zero-order chi connectivity index (χ0) is 22.5. The third-order valence-electron chi connectivity index (χ3n) is 5.43.